The lowest BCUT2D eigenvalue weighted by atomic mass is 9.81. The summed E-state index contributed by atoms with van der Waals surface area (Å²) in [4.78, 5) is 23.8. The molecule has 28 heavy (non-hydrogen) atoms. The molecule has 2 aliphatic heterocycles. The van der Waals surface area contributed by atoms with E-state index < -0.39 is 0 Å². The summed E-state index contributed by atoms with van der Waals surface area (Å²) in [5, 5.41) is 0. The van der Waals surface area contributed by atoms with Crippen LogP contribution in [0.5, 0.6) is 0 Å². The van der Waals surface area contributed by atoms with Crippen molar-refractivity contribution in [1.29, 1.82) is 0 Å². The van der Waals surface area contributed by atoms with Gasteiger partial charge in [0.05, 0.1) is 24.3 Å². The minimum atomic E-state index is -0.219. The molecule has 0 aliphatic carbocycles. The van der Waals surface area contributed by atoms with E-state index in [0.29, 0.717) is 26.3 Å². The maximum Gasteiger partial charge on any atom is 0.253 e. The Morgan fingerprint density at radius 2 is 1.93 bits per heavy atom. The first-order valence-corrected chi connectivity index (χ1v) is 9.57. The summed E-state index contributed by atoms with van der Waals surface area (Å²) in [6.45, 7) is 2.49. The van der Waals surface area contributed by atoms with Gasteiger partial charge in [0, 0.05) is 30.4 Å². The van der Waals surface area contributed by atoms with E-state index >= 15 is 0 Å². The number of ether oxygens (including phenoxy) is 1. The van der Waals surface area contributed by atoms with Crippen LogP contribution in [-0.4, -0.2) is 40.5 Å². The third-order valence-electron chi connectivity index (χ3n) is 5.78. The van der Waals surface area contributed by atoms with Gasteiger partial charge in [-0.3, -0.25) is 4.79 Å². The Labute approximate surface area is 164 Å². The maximum absolute atomic E-state index is 13.2. The van der Waals surface area contributed by atoms with Crippen LogP contribution in [-0.2, 0) is 16.8 Å². The number of amides is 1. The quantitative estimate of drug-likeness (QED) is 0.692. The molecule has 1 saturated heterocycles. The van der Waals surface area contributed by atoms with E-state index in [2.05, 4.69) is 22.1 Å². The normalized spacial score (nSPS) is 20.9. The van der Waals surface area contributed by atoms with Crippen LogP contribution in [0, 0.1) is 0 Å². The molecule has 1 spiro atoms. The predicted octanol–water partition coefficient (Wildman–Crippen LogP) is 3.46. The van der Waals surface area contributed by atoms with Crippen LogP contribution in [0.25, 0.3) is 11.1 Å². The summed E-state index contributed by atoms with van der Waals surface area (Å²) in [5.74, 6) is 0.0656. The lowest BCUT2D eigenvalue weighted by Gasteiger charge is -2.33. The molecule has 1 fully saturated rings. The second-order valence-corrected chi connectivity index (χ2v) is 7.59. The molecule has 0 N–H and O–H groups in total. The number of fused-ring (bicyclic) bond motifs is 2. The number of likely N-dealkylation sites (tertiary alicyclic amines) is 1. The summed E-state index contributed by atoms with van der Waals surface area (Å²) >= 11 is 0. The molecule has 1 aromatic heterocycles. The molecule has 140 valence electrons. The van der Waals surface area contributed by atoms with E-state index in [4.69, 9.17) is 4.74 Å². The van der Waals surface area contributed by atoms with Gasteiger partial charge in [0.25, 0.3) is 5.91 Å². The highest BCUT2D eigenvalue weighted by Gasteiger charge is 2.46. The van der Waals surface area contributed by atoms with Crippen LogP contribution in [0.2, 0.25) is 0 Å². The Morgan fingerprint density at radius 3 is 2.82 bits per heavy atom. The summed E-state index contributed by atoms with van der Waals surface area (Å²) in [5.41, 5.74) is 4.75. The number of carbonyl (C=O) groups excluding carboxylic acids is 1. The summed E-state index contributed by atoms with van der Waals surface area (Å²) < 4.78 is 5.83. The molecule has 2 aromatic carbocycles. The number of carbonyl (C=O) groups is 1. The molecule has 0 bridgehead atoms. The van der Waals surface area contributed by atoms with Crippen molar-refractivity contribution in [2.75, 3.05) is 19.7 Å². The van der Waals surface area contributed by atoms with Gasteiger partial charge in [-0.2, -0.15) is 0 Å². The van der Waals surface area contributed by atoms with E-state index in [-0.39, 0.29) is 11.3 Å². The molecule has 5 nitrogen and oxygen atoms in total. The van der Waals surface area contributed by atoms with Crippen molar-refractivity contribution < 1.29 is 9.53 Å². The summed E-state index contributed by atoms with van der Waals surface area (Å²) in [6.07, 6.45) is 4.29. The minimum Gasteiger partial charge on any atom is -0.376 e. The van der Waals surface area contributed by atoms with Gasteiger partial charge in [0.1, 0.15) is 6.33 Å². The first-order valence-electron chi connectivity index (χ1n) is 9.57. The fourth-order valence-corrected chi connectivity index (χ4v) is 4.37. The van der Waals surface area contributed by atoms with Crippen LogP contribution < -0.4 is 0 Å². The zero-order valence-corrected chi connectivity index (χ0v) is 15.5. The Bertz CT molecular complexity index is 1020. The fraction of sp³-hybridized carbons (Fsp3) is 0.261. The molecule has 3 heterocycles. The van der Waals surface area contributed by atoms with Crippen molar-refractivity contribution in [1.82, 2.24) is 14.9 Å². The lowest BCUT2D eigenvalue weighted by molar-refractivity contribution is 0.0484. The monoisotopic (exact) mass is 371 g/mol. The number of rotatable bonds is 2. The van der Waals surface area contributed by atoms with Crippen molar-refractivity contribution in [2.24, 2.45) is 0 Å². The van der Waals surface area contributed by atoms with E-state index in [1.54, 1.807) is 6.33 Å². The Morgan fingerprint density at radius 1 is 1.07 bits per heavy atom. The molecule has 1 unspecified atom stereocenters. The summed E-state index contributed by atoms with van der Waals surface area (Å²) in [7, 11) is 0. The zero-order valence-electron chi connectivity index (χ0n) is 15.5. The highest BCUT2D eigenvalue weighted by Crippen LogP contribution is 2.39. The van der Waals surface area contributed by atoms with Crippen molar-refractivity contribution in [3.05, 3.63) is 83.9 Å². The summed E-state index contributed by atoms with van der Waals surface area (Å²) in [6, 6.07) is 18.0. The highest BCUT2D eigenvalue weighted by atomic mass is 16.5. The van der Waals surface area contributed by atoms with Crippen LogP contribution in [0.1, 0.15) is 28.0 Å². The largest absolute Gasteiger partial charge is 0.376 e. The molecular formula is C23H21N3O2. The maximum atomic E-state index is 13.2. The number of aromatic nitrogens is 2. The zero-order chi connectivity index (χ0) is 19.0. The van der Waals surface area contributed by atoms with Crippen molar-refractivity contribution in [3.63, 3.8) is 0 Å². The van der Waals surface area contributed by atoms with Gasteiger partial charge in [-0.05, 0) is 29.7 Å². The number of nitrogens with zero attached hydrogens (tertiary/aromatic N) is 3. The predicted molar refractivity (Wildman–Crippen MR) is 106 cm³/mol. The Hall–Kier alpha value is -3.05. The van der Waals surface area contributed by atoms with E-state index in [0.717, 1.165) is 34.4 Å². The second kappa shape index (κ2) is 6.84. The number of benzene rings is 2. The van der Waals surface area contributed by atoms with Crippen LogP contribution in [0.4, 0.5) is 0 Å². The van der Waals surface area contributed by atoms with Gasteiger partial charge in [-0.25, -0.2) is 9.97 Å². The van der Waals surface area contributed by atoms with Crippen LogP contribution >= 0.6 is 0 Å². The standard InChI is InChI=1S/C23H21N3O2/c27-22(19-8-4-7-18(11-19)17-5-2-1-3-6-17)26-10-9-23(14-26)15-28-13-20-12-24-16-25-21(20)23/h1-8,11-12,16H,9-10,13-15H2. The van der Waals surface area contributed by atoms with Crippen LogP contribution in [0.15, 0.2) is 67.1 Å². The molecule has 5 heteroatoms. The van der Waals surface area contributed by atoms with Gasteiger partial charge in [-0.15, -0.1) is 0 Å². The Balaban J connectivity index is 1.41. The minimum absolute atomic E-state index is 0.0656. The topological polar surface area (TPSA) is 55.3 Å². The second-order valence-electron chi connectivity index (χ2n) is 7.59. The molecule has 0 saturated carbocycles. The van der Waals surface area contributed by atoms with Crippen molar-refractivity contribution >= 4 is 5.91 Å². The fourth-order valence-electron chi connectivity index (χ4n) is 4.37. The molecule has 3 aromatic rings. The SMILES string of the molecule is O=C(c1cccc(-c2ccccc2)c1)N1CCC2(COCc3cncnc32)C1. The van der Waals surface area contributed by atoms with E-state index in [1.165, 1.54) is 0 Å². The third-order valence-corrected chi connectivity index (χ3v) is 5.78. The van der Waals surface area contributed by atoms with Crippen molar-refractivity contribution in [3.8, 4) is 11.1 Å². The first kappa shape index (κ1) is 17.1. The van der Waals surface area contributed by atoms with Gasteiger partial charge >= 0.3 is 0 Å². The van der Waals surface area contributed by atoms with Gasteiger partial charge < -0.3 is 9.64 Å². The van der Waals surface area contributed by atoms with Crippen molar-refractivity contribution in [2.45, 2.75) is 18.4 Å². The van der Waals surface area contributed by atoms with E-state index in [9.17, 15) is 4.79 Å². The lowest BCUT2D eigenvalue weighted by Crippen LogP contribution is -2.41. The average molecular weight is 371 g/mol. The molecule has 1 atom stereocenters. The first-order chi connectivity index (χ1) is 13.8. The smallest absolute Gasteiger partial charge is 0.253 e. The third kappa shape index (κ3) is 2.88. The number of hydrogen-bond acceptors (Lipinski definition) is 4. The number of hydrogen-bond donors (Lipinski definition) is 0. The van der Waals surface area contributed by atoms with E-state index in [1.807, 2.05) is 53.6 Å². The van der Waals surface area contributed by atoms with Gasteiger partial charge in [0.15, 0.2) is 0 Å². The average Bonchev–Trinajstić information content (AvgIpc) is 3.19. The molecule has 5 rings (SSSR count). The molecule has 1 amide bonds. The molecule has 2 aliphatic rings. The van der Waals surface area contributed by atoms with Gasteiger partial charge in [-0.1, -0.05) is 42.5 Å². The highest BCUT2D eigenvalue weighted by molar-refractivity contribution is 5.95. The van der Waals surface area contributed by atoms with Crippen LogP contribution in [0.3, 0.4) is 0 Å². The molecular weight excluding hydrogens is 350 g/mol. The van der Waals surface area contributed by atoms with Gasteiger partial charge in [0.2, 0.25) is 0 Å². The molecule has 0 radical (unpaired) electrons. The Kier molecular flexibility index (Phi) is 4.17.